The lowest BCUT2D eigenvalue weighted by molar-refractivity contribution is -0.149. The summed E-state index contributed by atoms with van der Waals surface area (Å²) in [5.41, 5.74) is 1.31. The van der Waals surface area contributed by atoms with Gasteiger partial charge in [-0.2, -0.15) is 0 Å². The molecule has 0 aromatic heterocycles. The Kier molecular flexibility index (Phi) is 7.45. The number of amides is 2. The second-order valence-corrected chi connectivity index (χ2v) is 8.48. The molecule has 2 aliphatic rings. The molecule has 3 rings (SSSR count). The highest BCUT2D eigenvalue weighted by Crippen LogP contribution is 2.32. The third-order valence-corrected chi connectivity index (χ3v) is 6.44. The Labute approximate surface area is 177 Å². The van der Waals surface area contributed by atoms with Gasteiger partial charge in [0.2, 0.25) is 11.8 Å². The first-order valence-electron chi connectivity index (χ1n) is 10.8. The van der Waals surface area contributed by atoms with Crippen molar-refractivity contribution in [3.8, 4) is 0 Å². The summed E-state index contributed by atoms with van der Waals surface area (Å²) >= 11 is 0. The maximum atomic E-state index is 13.6. The van der Waals surface area contributed by atoms with Gasteiger partial charge in [-0.25, -0.2) is 4.39 Å². The van der Waals surface area contributed by atoms with E-state index in [2.05, 4.69) is 5.32 Å². The molecule has 2 amide bonds. The molecule has 2 fully saturated rings. The largest absolute Gasteiger partial charge is 0.469 e. The van der Waals surface area contributed by atoms with E-state index in [4.69, 9.17) is 4.74 Å². The molecule has 1 N–H and O–H groups in total. The number of carbonyl (C=O) groups is 3. The number of halogens is 1. The Morgan fingerprint density at radius 2 is 1.80 bits per heavy atom. The van der Waals surface area contributed by atoms with E-state index >= 15 is 0 Å². The van der Waals surface area contributed by atoms with E-state index in [1.165, 1.54) is 13.2 Å². The van der Waals surface area contributed by atoms with E-state index in [0.717, 1.165) is 24.8 Å². The molecule has 1 aromatic rings. The third-order valence-electron chi connectivity index (χ3n) is 6.44. The summed E-state index contributed by atoms with van der Waals surface area (Å²) in [6.07, 6.45) is 4.23. The molecule has 2 atom stereocenters. The fourth-order valence-corrected chi connectivity index (χ4v) is 4.49. The van der Waals surface area contributed by atoms with Crippen LogP contribution in [0.2, 0.25) is 0 Å². The minimum Gasteiger partial charge on any atom is -0.469 e. The van der Waals surface area contributed by atoms with Crippen LogP contribution in [0.15, 0.2) is 18.2 Å². The molecule has 1 aromatic carbocycles. The Bertz CT molecular complexity index is 789. The highest BCUT2D eigenvalue weighted by Gasteiger charge is 2.35. The number of benzene rings is 1. The summed E-state index contributed by atoms with van der Waals surface area (Å²) in [5, 5.41) is 2.89. The maximum absolute atomic E-state index is 13.6. The van der Waals surface area contributed by atoms with Gasteiger partial charge in [0.1, 0.15) is 5.82 Å². The van der Waals surface area contributed by atoms with Crippen LogP contribution in [0.1, 0.15) is 49.7 Å². The van der Waals surface area contributed by atoms with Crippen LogP contribution in [0.25, 0.3) is 0 Å². The van der Waals surface area contributed by atoms with Crippen LogP contribution in [0.3, 0.4) is 0 Å². The summed E-state index contributed by atoms with van der Waals surface area (Å²) in [4.78, 5) is 39.0. The predicted molar refractivity (Wildman–Crippen MR) is 110 cm³/mol. The minimum absolute atomic E-state index is 0.0495. The minimum atomic E-state index is -0.272. The molecular weight excluding hydrogens is 387 g/mol. The molecule has 30 heavy (non-hydrogen) atoms. The van der Waals surface area contributed by atoms with Gasteiger partial charge in [-0.05, 0) is 56.2 Å². The van der Waals surface area contributed by atoms with Gasteiger partial charge in [-0.15, -0.1) is 0 Å². The van der Waals surface area contributed by atoms with Gasteiger partial charge in [0.15, 0.2) is 0 Å². The number of hydrogen-bond donors (Lipinski definition) is 1. The number of methoxy groups -OCH3 is 1. The predicted octanol–water partition coefficient (Wildman–Crippen LogP) is 2.97. The summed E-state index contributed by atoms with van der Waals surface area (Å²) in [7, 11) is 1.39. The van der Waals surface area contributed by atoms with E-state index in [9.17, 15) is 18.8 Å². The van der Waals surface area contributed by atoms with Crippen LogP contribution in [0, 0.1) is 30.5 Å². The third kappa shape index (κ3) is 5.37. The number of nitrogens with one attached hydrogen (secondary N) is 1. The first-order chi connectivity index (χ1) is 14.4. The first-order valence-corrected chi connectivity index (χ1v) is 10.8. The average molecular weight is 419 g/mol. The van der Waals surface area contributed by atoms with E-state index in [-0.39, 0.29) is 41.4 Å². The van der Waals surface area contributed by atoms with Crippen LogP contribution >= 0.6 is 0 Å². The maximum Gasteiger partial charge on any atom is 0.308 e. The van der Waals surface area contributed by atoms with Crippen LogP contribution in [-0.4, -0.2) is 42.9 Å². The van der Waals surface area contributed by atoms with Gasteiger partial charge in [-0.1, -0.05) is 18.6 Å². The van der Waals surface area contributed by atoms with Gasteiger partial charge in [0.05, 0.1) is 13.0 Å². The highest BCUT2D eigenvalue weighted by molar-refractivity contribution is 5.82. The number of hydrogen-bond acceptors (Lipinski definition) is 4. The Hall–Kier alpha value is -2.44. The molecule has 1 aliphatic heterocycles. The SMILES string of the molecule is COC(=O)[C@@H]1CCC[C@@H](C(=O)N2CCC(C(=O)NCc3ccc(C)c(F)c3)CC2)C1. The van der Waals surface area contributed by atoms with Crippen molar-refractivity contribution in [2.24, 2.45) is 17.8 Å². The zero-order chi connectivity index (χ0) is 21.7. The monoisotopic (exact) mass is 418 g/mol. The Morgan fingerprint density at radius 1 is 1.10 bits per heavy atom. The van der Waals surface area contributed by atoms with Crippen LogP contribution < -0.4 is 5.32 Å². The normalized spacial score (nSPS) is 22.4. The molecule has 0 radical (unpaired) electrons. The van der Waals surface area contributed by atoms with Crippen molar-refractivity contribution in [3.63, 3.8) is 0 Å². The molecule has 1 saturated carbocycles. The topological polar surface area (TPSA) is 75.7 Å². The smallest absolute Gasteiger partial charge is 0.308 e. The van der Waals surface area contributed by atoms with Crippen LogP contribution in [0.4, 0.5) is 4.39 Å². The summed E-state index contributed by atoms with van der Waals surface area (Å²) in [6, 6.07) is 4.96. The number of nitrogens with zero attached hydrogens (tertiary/aromatic N) is 1. The second-order valence-electron chi connectivity index (χ2n) is 8.48. The Balaban J connectivity index is 1.45. The molecule has 164 valence electrons. The van der Waals surface area contributed by atoms with Crippen molar-refractivity contribution >= 4 is 17.8 Å². The molecule has 1 heterocycles. The number of carbonyl (C=O) groups excluding carboxylic acids is 3. The lowest BCUT2D eigenvalue weighted by atomic mass is 9.80. The van der Waals surface area contributed by atoms with Crippen LogP contribution in [-0.2, 0) is 25.7 Å². The molecule has 0 spiro atoms. The quantitative estimate of drug-likeness (QED) is 0.746. The number of aryl methyl sites for hydroxylation is 1. The highest BCUT2D eigenvalue weighted by atomic mass is 19.1. The van der Waals surface area contributed by atoms with Gasteiger partial charge < -0.3 is 15.0 Å². The number of ether oxygens (including phenoxy) is 1. The summed E-state index contributed by atoms with van der Waals surface area (Å²) in [6.45, 7) is 3.10. The van der Waals surface area contributed by atoms with Gasteiger partial charge >= 0.3 is 5.97 Å². The van der Waals surface area contributed by atoms with Crippen molar-refractivity contribution in [2.45, 2.75) is 52.0 Å². The lowest BCUT2D eigenvalue weighted by Crippen LogP contribution is -2.46. The summed E-state index contributed by atoms with van der Waals surface area (Å²) in [5.74, 6) is -0.915. The number of piperidine rings is 1. The average Bonchev–Trinajstić information content (AvgIpc) is 2.78. The molecule has 0 unspecified atom stereocenters. The number of esters is 1. The fourth-order valence-electron chi connectivity index (χ4n) is 4.49. The van der Waals surface area contributed by atoms with Crippen molar-refractivity contribution in [1.29, 1.82) is 0 Å². The van der Waals surface area contributed by atoms with Crippen molar-refractivity contribution in [3.05, 3.63) is 35.1 Å². The van der Waals surface area contributed by atoms with Crippen molar-refractivity contribution in [1.82, 2.24) is 10.2 Å². The lowest BCUT2D eigenvalue weighted by Gasteiger charge is -2.35. The standard InChI is InChI=1S/C23H31FN2O4/c1-15-6-7-16(12-20(15)24)14-25-21(27)17-8-10-26(11-9-17)22(28)18-4-3-5-19(13-18)23(29)30-2/h6-7,12,17-19H,3-5,8-11,13-14H2,1-2H3,(H,25,27)/t18-,19-/m1/s1. The van der Waals surface area contributed by atoms with E-state index in [1.807, 2.05) is 11.0 Å². The molecule has 1 aliphatic carbocycles. The van der Waals surface area contributed by atoms with E-state index in [0.29, 0.717) is 44.5 Å². The van der Waals surface area contributed by atoms with Gasteiger partial charge in [0.25, 0.3) is 0 Å². The number of likely N-dealkylation sites (tertiary alicyclic amines) is 1. The van der Waals surface area contributed by atoms with E-state index < -0.39 is 0 Å². The molecule has 1 saturated heterocycles. The zero-order valence-corrected chi connectivity index (χ0v) is 17.8. The first kappa shape index (κ1) is 22.2. The summed E-state index contributed by atoms with van der Waals surface area (Å²) < 4.78 is 18.5. The molecule has 6 nitrogen and oxygen atoms in total. The van der Waals surface area contributed by atoms with E-state index in [1.54, 1.807) is 13.0 Å². The zero-order valence-electron chi connectivity index (χ0n) is 17.8. The molecular formula is C23H31FN2O4. The second kappa shape index (κ2) is 10.0. The molecule has 0 bridgehead atoms. The van der Waals surface area contributed by atoms with Crippen molar-refractivity contribution < 1.29 is 23.5 Å². The molecule has 7 heteroatoms. The van der Waals surface area contributed by atoms with Crippen molar-refractivity contribution in [2.75, 3.05) is 20.2 Å². The van der Waals surface area contributed by atoms with Gasteiger partial charge in [-0.3, -0.25) is 14.4 Å². The van der Waals surface area contributed by atoms with Crippen LogP contribution in [0.5, 0.6) is 0 Å². The fraction of sp³-hybridized carbons (Fsp3) is 0.609. The number of rotatable bonds is 5. The van der Waals surface area contributed by atoms with Gasteiger partial charge in [0, 0.05) is 31.5 Å². The Morgan fingerprint density at radius 3 is 2.47 bits per heavy atom.